The maximum atomic E-state index is 13.2. The van der Waals surface area contributed by atoms with E-state index in [9.17, 15) is 19.8 Å². The summed E-state index contributed by atoms with van der Waals surface area (Å²) in [6.45, 7) is 3.85. The topological polar surface area (TPSA) is 87.1 Å². The van der Waals surface area contributed by atoms with Gasteiger partial charge in [-0.3, -0.25) is 9.59 Å². The summed E-state index contributed by atoms with van der Waals surface area (Å²) < 4.78 is 5.66. The molecule has 168 valence electrons. The molecule has 2 N–H and O–H groups in total. The average Bonchev–Trinajstić information content (AvgIpc) is 3.05. The molecule has 2 aliphatic rings. The van der Waals surface area contributed by atoms with Gasteiger partial charge in [0.25, 0.3) is 11.7 Å². The minimum absolute atomic E-state index is 0.0148. The van der Waals surface area contributed by atoms with E-state index in [0.29, 0.717) is 16.9 Å². The average molecular weight is 436 g/mol. The van der Waals surface area contributed by atoms with Crippen LogP contribution in [0.2, 0.25) is 0 Å². The van der Waals surface area contributed by atoms with E-state index in [1.165, 1.54) is 0 Å². The van der Waals surface area contributed by atoms with Gasteiger partial charge in [0.1, 0.15) is 17.3 Å². The second-order valence-electron chi connectivity index (χ2n) is 8.78. The molecule has 1 aliphatic carbocycles. The second kappa shape index (κ2) is 9.07. The number of hydrogen-bond donors (Lipinski definition) is 2. The van der Waals surface area contributed by atoms with Crippen LogP contribution in [0.1, 0.15) is 63.1 Å². The highest BCUT2D eigenvalue weighted by molar-refractivity contribution is 6.46. The Balaban J connectivity index is 1.80. The highest BCUT2D eigenvalue weighted by atomic mass is 16.5. The van der Waals surface area contributed by atoms with Crippen LogP contribution in [0.5, 0.6) is 11.5 Å². The smallest absolute Gasteiger partial charge is 0.295 e. The fourth-order valence-electron chi connectivity index (χ4n) is 4.73. The number of phenols is 1. The number of nitrogens with zero attached hydrogens (tertiary/aromatic N) is 1. The molecule has 1 aliphatic heterocycles. The zero-order valence-electron chi connectivity index (χ0n) is 18.5. The number of benzene rings is 2. The van der Waals surface area contributed by atoms with Gasteiger partial charge >= 0.3 is 0 Å². The van der Waals surface area contributed by atoms with Crippen LogP contribution in [0.15, 0.2) is 54.1 Å². The number of Topliss-reactive ketones (excluding diaryl/α,β-unsaturated/α-hetero) is 1. The lowest BCUT2D eigenvalue weighted by Gasteiger charge is -2.35. The number of phenolic OH excluding ortho intramolecular Hbond substituents is 1. The molecule has 1 atom stereocenters. The fraction of sp³-hybridized carbons (Fsp3) is 0.385. The molecule has 4 rings (SSSR count). The van der Waals surface area contributed by atoms with Gasteiger partial charge < -0.3 is 19.8 Å². The van der Waals surface area contributed by atoms with Crippen molar-refractivity contribution in [3.05, 3.63) is 65.2 Å². The van der Waals surface area contributed by atoms with Gasteiger partial charge in [-0.15, -0.1) is 0 Å². The van der Waals surface area contributed by atoms with Crippen LogP contribution >= 0.6 is 0 Å². The van der Waals surface area contributed by atoms with Crippen LogP contribution in [0.3, 0.4) is 0 Å². The SMILES string of the molecule is CC(C)Oc1ccc(/C(O)=C2/C(=O)C(=O)N(C3CCCCC3)C2c2cccc(O)c2)cc1. The molecule has 2 fully saturated rings. The van der Waals surface area contributed by atoms with Crippen LogP contribution in [-0.4, -0.2) is 38.9 Å². The fourth-order valence-corrected chi connectivity index (χ4v) is 4.73. The lowest BCUT2D eigenvalue weighted by Crippen LogP contribution is -2.40. The van der Waals surface area contributed by atoms with E-state index >= 15 is 0 Å². The summed E-state index contributed by atoms with van der Waals surface area (Å²) in [7, 11) is 0. The Hall–Kier alpha value is -3.28. The Kier molecular flexibility index (Phi) is 6.21. The van der Waals surface area contributed by atoms with Gasteiger partial charge in [-0.1, -0.05) is 31.4 Å². The highest BCUT2D eigenvalue weighted by Crippen LogP contribution is 2.43. The number of aliphatic hydroxyl groups is 1. The lowest BCUT2D eigenvalue weighted by molar-refractivity contribution is -0.141. The largest absolute Gasteiger partial charge is 0.508 e. The monoisotopic (exact) mass is 435 g/mol. The molecule has 2 aromatic rings. The first kappa shape index (κ1) is 21.9. The summed E-state index contributed by atoms with van der Waals surface area (Å²) >= 11 is 0. The van der Waals surface area contributed by atoms with Crippen LogP contribution in [0, 0.1) is 0 Å². The predicted octanol–water partition coefficient (Wildman–Crippen LogP) is 4.93. The van der Waals surface area contributed by atoms with E-state index in [0.717, 1.165) is 32.1 Å². The van der Waals surface area contributed by atoms with Gasteiger partial charge in [0.15, 0.2) is 0 Å². The van der Waals surface area contributed by atoms with E-state index in [1.54, 1.807) is 53.4 Å². The van der Waals surface area contributed by atoms with Crippen LogP contribution < -0.4 is 4.74 Å². The Morgan fingerprint density at radius 2 is 1.72 bits per heavy atom. The molecule has 6 nitrogen and oxygen atoms in total. The highest BCUT2D eigenvalue weighted by Gasteiger charge is 2.48. The third-order valence-electron chi connectivity index (χ3n) is 6.13. The van der Waals surface area contributed by atoms with Crippen molar-refractivity contribution in [2.75, 3.05) is 0 Å². The molecule has 1 saturated heterocycles. The third-order valence-corrected chi connectivity index (χ3v) is 6.13. The Labute approximate surface area is 188 Å². The Morgan fingerprint density at radius 1 is 1.03 bits per heavy atom. The Morgan fingerprint density at radius 3 is 2.34 bits per heavy atom. The van der Waals surface area contributed by atoms with Crippen LogP contribution in [0.25, 0.3) is 5.76 Å². The molecule has 2 aromatic carbocycles. The number of rotatable bonds is 5. The zero-order chi connectivity index (χ0) is 22.8. The first-order valence-electron chi connectivity index (χ1n) is 11.2. The third kappa shape index (κ3) is 4.22. The number of carbonyl (C=O) groups excluding carboxylic acids is 2. The minimum Gasteiger partial charge on any atom is -0.508 e. The number of ether oxygens (including phenoxy) is 1. The molecule has 6 heteroatoms. The van der Waals surface area contributed by atoms with Crippen molar-refractivity contribution in [1.82, 2.24) is 4.90 Å². The number of ketones is 1. The first-order valence-corrected chi connectivity index (χ1v) is 11.2. The maximum Gasteiger partial charge on any atom is 0.295 e. The molecule has 1 heterocycles. The van der Waals surface area contributed by atoms with Gasteiger partial charge in [0, 0.05) is 11.6 Å². The first-order chi connectivity index (χ1) is 15.4. The quantitative estimate of drug-likeness (QED) is 0.395. The van der Waals surface area contributed by atoms with Crippen molar-refractivity contribution in [2.24, 2.45) is 0 Å². The zero-order valence-corrected chi connectivity index (χ0v) is 18.5. The molecule has 32 heavy (non-hydrogen) atoms. The molecule has 0 radical (unpaired) electrons. The number of aromatic hydroxyl groups is 1. The van der Waals surface area contributed by atoms with Gasteiger partial charge in [0.05, 0.1) is 17.7 Å². The number of hydrogen-bond acceptors (Lipinski definition) is 5. The standard InChI is InChI=1S/C26H29NO5/c1-16(2)32-21-13-11-17(12-14-21)24(29)22-23(18-7-6-10-20(28)15-18)27(26(31)25(22)30)19-8-4-3-5-9-19/h6-7,10-16,19,23,28-29H,3-5,8-9H2,1-2H3/b24-22-. The van der Waals surface area contributed by atoms with Gasteiger partial charge in [0.2, 0.25) is 0 Å². The van der Waals surface area contributed by atoms with Crippen LogP contribution in [0.4, 0.5) is 0 Å². The van der Waals surface area contributed by atoms with Gasteiger partial charge in [-0.25, -0.2) is 0 Å². The van der Waals surface area contributed by atoms with Gasteiger partial charge in [-0.2, -0.15) is 0 Å². The molecule has 0 spiro atoms. The molecular formula is C26H29NO5. The summed E-state index contributed by atoms with van der Waals surface area (Å²) in [6.07, 6.45) is 4.77. The van der Waals surface area contributed by atoms with Crippen LogP contribution in [-0.2, 0) is 9.59 Å². The molecule has 1 amide bonds. The summed E-state index contributed by atoms with van der Waals surface area (Å²) in [5.41, 5.74) is 1.10. The van der Waals surface area contributed by atoms with E-state index < -0.39 is 17.7 Å². The van der Waals surface area contributed by atoms with E-state index in [2.05, 4.69) is 0 Å². The van der Waals surface area contributed by atoms with E-state index in [1.807, 2.05) is 13.8 Å². The van der Waals surface area contributed by atoms with Crippen molar-refractivity contribution in [2.45, 2.75) is 64.1 Å². The van der Waals surface area contributed by atoms with Crippen molar-refractivity contribution < 1.29 is 24.5 Å². The Bertz CT molecular complexity index is 1030. The number of carbonyl (C=O) groups is 2. The summed E-state index contributed by atoms with van der Waals surface area (Å²) in [4.78, 5) is 27.9. The van der Waals surface area contributed by atoms with Crippen molar-refractivity contribution in [3.63, 3.8) is 0 Å². The summed E-state index contributed by atoms with van der Waals surface area (Å²) in [5, 5.41) is 21.2. The number of likely N-dealkylation sites (tertiary alicyclic amines) is 1. The summed E-state index contributed by atoms with van der Waals surface area (Å²) in [5.74, 6) is -0.794. The van der Waals surface area contributed by atoms with Crippen molar-refractivity contribution in [1.29, 1.82) is 0 Å². The van der Waals surface area contributed by atoms with E-state index in [-0.39, 0.29) is 29.2 Å². The molecule has 0 bridgehead atoms. The lowest BCUT2D eigenvalue weighted by atomic mass is 9.91. The molecule has 0 aromatic heterocycles. The number of amides is 1. The van der Waals surface area contributed by atoms with Crippen molar-refractivity contribution in [3.8, 4) is 11.5 Å². The predicted molar refractivity (Wildman–Crippen MR) is 121 cm³/mol. The number of aliphatic hydroxyl groups excluding tert-OH is 1. The summed E-state index contributed by atoms with van der Waals surface area (Å²) in [6, 6.07) is 12.6. The molecule has 1 unspecified atom stereocenters. The minimum atomic E-state index is -0.739. The molecule has 1 saturated carbocycles. The normalized spacial score (nSPS) is 21.3. The van der Waals surface area contributed by atoms with Crippen molar-refractivity contribution >= 4 is 17.4 Å². The second-order valence-corrected chi connectivity index (χ2v) is 8.78. The van der Waals surface area contributed by atoms with Gasteiger partial charge in [-0.05, 0) is 68.7 Å². The van der Waals surface area contributed by atoms with E-state index in [4.69, 9.17) is 4.74 Å². The molecular weight excluding hydrogens is 406 g/mol. The maximum absolute atomic E-state index is 13.2.